The molecule has 0 spiro atoms. The van der Waals surface area contributed by atoms with E-state index in [4.69, 9.17) is 14.2 Å². The molecule has 3 rings (SSSR count). The van der Waals surface area contributed by atoms with Crippen LogP contribution in [0.15, 0.2) is 42.5 Å². The molecule has 0 unspecified atom stereocenters. The molecule has 0 aliphatic carbocycles. The number of benzene rings is 2. The molecule has 7 heteroatoms. The number of morpholine rings is 1. The van der Waals surface area contributed by atoms with Gasteiger partial charge in [0.15, 0.2) is 17.3 Å². The van der Waals surface area contributed by atoms with Crippen LogP contribution in [-0.2, 0) is 22.6 Å². The third-order valence-electron chi connectivity index (χ3n) is 5.37. The summed E-state index contributed by atoms with van der Waals surface area (Å²) in [6.45, 7) is 6.79. The Morgan fingerprint density at radius 1 is 1.06 bits per heavy atom. The van der Waals surface area contributed by atoms with Crippen LogP contribution < -0.4 is 14.8 Å². The van der Waals surface area contributed by atoms with Gasteiger partial charge in [-0.1, -0.05) is 24.3 Å². The highest BCUT2D eigenvalue weighted by Gasteiger charge is 2.11. The lowest BCUT2D eigenvalue weighted by molar-refractivity contribution is -0.121. The summed E-state index contributed by atoms with van der Waals surface area (Å²) in [5.74, 6) is 1.04. The summed E-state index contributed by atoms with van der Waals surface area (Å²) in [5, 5.41) is 2.98. The molecule has 1 saturated heterocycles. The van der Waals surface area contributed by atoms with E-state index in [9.17, 15) is 9.59 Å². The number of Topliss-reactive ketones (excluding diaryl/α,β-unsaturated/α-hetero) is 1. The second kappa shape index (κ2) is 12.2. The molecule has 2 aromatic rings. The fourth-order valence-electron chi connectivity index (χ4n) is 3.57. The maximum atomic E-state index is 12.2. The highest BCUT2D eigenvalue weighted by molar-refractivity contribution is 5.94. The van der Waals surface area contributed by atoms with Crippen LogP contribution in [0.4, 0.5) is 0 Å². The molecule has 0 saturated carbocycles. The van der Waals surface area contributed by atoms with Crippen LogP contribution in [0.25, 0.3) is 0 Å². The Bertz CT molecular complexity index is 909. The Labute approximate surface area is 189 Å². The zero-order chi connectivity index (χ0) is 22.8. The van der Waals surface area contributed by atoms with Gasteiger partial charge in [0.05, 0.1) is 26.9 Å². The van der Waals surface area contributed by atoms with E-state index in [0.29, 0.717) is 43.1 Å². The standard InChI is InChI=1S/C25H32N2O5/c1-19(28)22-8-9-23(24(16-22)30-2)32-12-4-7-25(29)26-17-20-5-3-6-21(15-20)18-27-10-13-31-14-11-27/h3,5-6,8-9,15-16H,4,7,10-14,17-18H2,1-2H3,(H,26,29). The maximum Gasteiger partial charge on any atom is 0.220 e. The average Bonchev–Trinajstić information content (AvgIpc) is 2.81. The predicted molar refractivity (Wildman–Crippen MR) is 122 cm³/mol. The van der Waals surface area contributed by atoms with E-state index in [-0.39, 0.29) is 11.7 Å². The molecular formula is C25H32N2O5. The highest BCUT2D eigenvalue weighted by Crippen LogP contribution is 2.28. The van der Waals surface area contributed by atoms with E-state index >= 15 is 0 Å². The molecule has 1 aliphatic heterocycles. The summed E-state index contributed by atoms with van der Waals surface area (Å²) >= 11 is 0. The van der Waals surface area contributed by atoms with Gasteiger partial charge in [0.2, 0.25) is 5.91 Å². The molecule has 1 heterocycles. The molecule has 1 fully saturated rings. The molecule has 1 aliphatic rings. The molecule has 0 aromatic heterocycles. The van der Waals surface area contributed by atoms with E-state index in [0.717, 1.165) is 38.4 Å². The summed E-state index contributed by atoms with van der Waals surface area (Å²) in [7, 11) is 1.54. The van der Waals surface area contributed by atoms with Gasteiger partial charge >= 0.3 is 0 Å². The Morgan fingerprint density at radius 3 is 2.59 bits per heavy atom. The van der Waals surface area contributed by atoms with Gasteiger partial charge in [0, 0.05) is 38.2 Å². The molecule has 0 radical (unpaired) electrons. The van der Waals surface area contributed by atoms with Crippen molar-refractivity contribution >= 4 is 11.7 Å². The van der Waals surface area contributed by atoms with Gasteiger partial charge in [0.1, 0.15) is 0 Å². The molecular weight excluding hydrogens is 408 g/mol. The van der Waals surface area contributed by atoms with Crippen LogP contribution >= 0.6 is 0 Å². The molecule has 0 atom stereocenters. The lowest BCUT2D eigenvalue weighted by Crippen LogP contribution is -2.35. The molecule has 32 heavy (non-hydrogen) atoms. The summed E-state index contributed by atoms with van der Waals surface area (Å²) in [5.41, 5.74) is 2.91. The normalized spacial score (nSPS) is 14.1. The van der Waals surface area contributed by atoms with Gasteiger partial charge in [-0.25, -0.2) is 0 Å². The number of carbonyl (C=O) groups is 2. The Balaban J connectivity index is 1.38. The third kappa shape index (κ3) is 7.35. The first kappa shape index (κ1) is 23.8. The zero-order valence-electron chi connectivity index (χ0n) is 18.9. The number of amides is 1. The Kier molecular flexibility index (Phi) is 9.07. The zero-order valence-corrected chi connectivity index (χ0v) is 18.9. The number of ketones is 1. The van der Waals surface area contributed by atoms with Crippen LogP contribution in [0.1, 0.15) is 41.3 Å². The minimum atomic E-state index is -0.0295. The highest BCUT2D eigenvalue weighted by atomic mass is 16.5. The lowest BCUT2D eigenvalue weighted by atomic mass is 10.1. The number of nitrogens with zero attached hydrogens (tertiary/aromatic N) is 1. The smallest absolute Gasteiger partial charge is 0.220 e. The van der Waals surface area contributed by atoms with Crippen LogP contribution in [-0.4, -0.2) is 56.6 Å². The van der Waals surface area contributed by atoms with Gasteiger partial charge in [0.25, 0.3) is 0 Å². The van der Waals surface area contributed by atoms with Crippen molar-refractivity contribution in [2.75, 3.05) is 40.0 Å². The fraction of sp³-hybridized carbons (Fsp3) is 0.440. The Hall–Kier alpha value is -2.90. The minimum Gasteiger partial charge on any atom is -0.493 e. The molecule has 7 nitrogen and oxygen atoms in total. The van der Waals surface area contributed by atoms with Crippen LogP contribution in [0, 0.1) is 0 Å². The average molecular weight is 441 g/mol. The van der Waals surface area contributed by atoms with E-state index < -0.39 is 0 Å². The van der Waals surface area contributed by atoms with Crippen molar-refractivity contribution in [1.29, 1.82) is 0 Å². The first-order valence-corrected chi connectivity index (χ1v) is 11.0. The van der Waals surface area contributed by atoms with Crippen LogP contribution in [0.5, 0.6) is 11.5 Å². The molecule has 2 aromatic carbocycles. The molecule has 1 amide bonds. The topological polar surface area (TPSA) is 77.1 Å². The first-order chi connectivity index (χ1) is 15.5. The monoisotopic (exact) mass is 440 g/mol. The van der Waals surface area contributed by atoms with E-state index in [1.807, 2.05) is 12.1 Å². The summed E-state index contributed by atoms with van der Waals surface area (Å²) in [6, 6.07) is 13.4. The Morgan fingerprint density at radius 2 is 1.84 bits per heavy atom. The van der Waals surface area contributed by atoms with Crippen LogP contribution in [0.3, 0.4) is 0 Å². The number of rotatable bonds is 11. The summed E-state index contributed by atoms with van der Waals surface area (Å²) in [4.78, 5) is 26.1. The van der Waals surface area contributed by atoms with Crippen LogP contribution in [0.2, 0.25) is 0 Å². The third-order valence-corrected chi connectivity index (χ3v) is 5.37. The first-order valence-electron chi connectivity index (χ1n) is 11.0. The second-order valence-corrected chi connectivity index (χ2v) is 7.86. The van der Waals surface area contributed by atoms with Crippen molar-refractivity contribution in [2.24, 2.45) is 0 Å². The van der Waals surface area contributed by atoms with Crippen molar-refractivity contribution in [1.82, 2.24) is 10.2 Å². The van der Waals surface area contributed by atoms with Gasteiger partial charge in [-0.15, -0.1) is 0 Å². The van der Waals surface area contributed by atoms with Crippen molar-refractivity contribution < 1.29 is 23.8 Å². The number of hydrogen-bond donors (Lipinski definition) is 1. The molecule has 0 bridgehead atoms. The quantitative estimate of drug-likeness (QED) is 0.427. The molecule has 172 valence electrons. The second-order valence-electron chi connectivity index (χ2n) is 7.86. The van der Waals surface area contributed by atoms with E-state index in [2.05, 4.69) is 22.3 Å². The lowest BCUT2D eigenvalue weighted by Gasteiger charge is -2.26. The molecule has 1 N–H and O–H groups in total. The fourth-order valence-corrected chi connectivity index (χ4v) is 3.57. The van der Waals surface area contributed by atoms with Crippen molar-refractivity contribution in [3.63, 3.8) is 0 Å². The van der Waals surface area contributed by atoms with Crippen molar-refractivity contribution in [3.05, 3.63) is 59.2 Å². The minimum absolute atomic E-state index is 0.00826. The van der Waals surface area contributed by atoms with E-state index in [1.165, 1.54) is 19.6 Å². The van der Waals surface area contributed by atoms with Gasteiger partial charge in [-0.05, 0) is 42.7 Å². The van der Waals surface area contributed by atoms with Gasteiger partial charge in [-0.2, -0.15) is 0 Å². The number of methoxy groups -OCH3 is 1. The van der Waals surface area contributed by atoms with Gasteiger partial charge in [-0.3, -0.25) is 14.5 Å². The number of carbonyl (C=O) groups excluding carboxylic acids is 2. The SMILES string of the molecule is COc1cc(C(C)=O)ccc1OCCCC(=O)NCc1cccc(CN2CCOCC2)c1. The predicted octanol–water partition coefficient (Wildman–Crippen LogP) is 3.21. The number of ether oxygens (including phenoxy) is 3. The van der Waals surface area contributed by atoms with Crippen molar-refractivity contribution in [2.45, 2.75) is 32.9 Å². The van der Waals surface area contributed by atoms with Crippen molar-refractivity contribution in [3.8, 4) is 11.5 Å². The van der Waals surface area contributed by atoms with E-state index in [1.54, 1.807) is 18.2 Å². The van der Waals surface area contributed by atoms with Gasteiger partial charge < -0.3 is 19.5 Å². The summed E-state index contributed by atoms with van der Waals surface area (Å²) < 4.78 is 16.4. The number of nitrogens with one attached hydrogen (secondary N) is 1. The number of hydrogen-bond acceptors (Lipinski definition) is 6. The largest absolute Gasteiger partial charge is 0.493 e. The summed E-state index contributed by atoms with van der Waals surface area (Å²) in [6.07, 6.45) is 0.960. The maximum absolute atomic E-state index is 12.2.